The number of para-hydroxylation sites is 1. The molecule has 1 heterocycles. The summed E-state index contributed by atoms with van der Waals surface area (Å²) < 4.78 is 0. The Morgan fingerprint density at radius 3 is 2.67 bits per heavy atom. The average molecular weight is 328 g/mol. The largest absolute Gasteiger partial charge is 0.325 e. The van der Waals surface area contributed by atoms with E-state index in [4.69, 9.17) is 5.26 Å². The second kappa shape index (κ2) is 6.71. The van der Waals surface area contributed by atoms with E-state index in [1.807, 2.05) is 19.9 Å². The summed E-state index contributed by atoms with van der Waals surface area (Å²) in [6, 6.07) is 7.92. The van der Waals surface area contributed by atoms with Crippen LogP contribution in [0.25, 0.3) is 0 Å². The van der Waals surface area contributed by atoms with E-state index >= 15 is 0 Å². The molecule has 1 aliphatic rings. The van der Waals surface area contributed by atoms with E-state index in [0.29, 0.717) is 17.7 Å². The lowest BCUT2D eigenvalue weighted by molar-refractivity contribution is -0.133. The maximum Gasteiger partial charge on any atom is 0.325 e. The molecule has 0 aliphatic carbocycles. The van der Waals surface area contributed by atoms with Gasteiger partial charge in [0.05, 0.1) is 11.3 Å². The van der Waals surface area contributed by atoms with Gasteiger partial charge in [0.1, 0.15) is 18.2 Å². The highest BCUT2D eigenvalue weighted by atomic mass is 16.2. The predicted molar refractivity (Wildman–Crippen MR) is 87.9 cm³/mol. The Balaban J connectivity index is 2.08. The van der Waals surface area contributed by atoms with Gasteiger partial charge in [0.15, 0.2) is 0 Å². The molecule has 4 amide bonds. The minimum absolute atomic E-state index is 0.218. The number of rotatable bonds is 5. The molecule has 7 heteroatoms. The summed E-state index contributed by atoms with van der Waals surface area (Å²) in [5, 5.41) is 14.2. The van der Waals surface area contributed by atoms with Crippen LogP contribution in [0.3, 0.4) is 0 Å². The number of hydrogen-bond donors (Lipinski definition) is 2. The van der Waals surface area contributed by atoms with Gasteiger partial charge >= 0.3 is 6.03 Å². The van der Waals surface area contributed by atoms with E-state index in [1.165, 1.54) is 0 Å². The van der Waals surface area contributed by atoms with Crippen molar-refractivity contribution < 1.29 is 14.4 Å². The van der Waals surface area contributed by atoms with Crippen LogP contribution in [0, 0.1) is 17.2 Å². The first kappa shape index (κ1) is 17.5. The molecule has 0 saturated carbocycles. The van der Waals surface area contributed by atoms with Crippen molar-refractivity contribution in [2.45, 2.75) is 32.7 Å². The fraction of sp³-hybridized carbons (Fsp3) is 0.412. The Morgan fingerprint density at radius 1 is 1.38 bits per heavy atom. The first-order valence-corrected chi connectivity index (χ1v) is 7.70. The van der Waals surface area contributed by atoms with E-state index in [0.717, 1.165) is 4.90 Å². The molecule has 2 N–H and O–H groups in total. The summed E-state index contributed by atoms with van der Waals surface area (Å²) in [4.78, 5) is 37.6. The molecule has 1 aromatic rings. The molecule has 1 aliphatic heterocycles. The SMILES string of the molecule is CC(C)C[C@]1(C)NC(=O)N(CC(=O)Nc2ccccc2C#N)C1=O. The number of nitrogens with one attached hydrogen (secondary N) is 2. The normalized spacial score (nSPS) is 20.0. The van der Waals surface area contributed by atoms with E-state index in [1.54, 1.807) is 31.2 Å². The van der Waals surface area contributed by atoms with Crippen LogP contribution in [0.4, 0.5) is 10.5 Å². The van der Waals surface area contributed by atoms with Crippen LogP contribution in [-0.4, -0.2) is 34.8 Å². The maximum absolute atomic E-state index is 12.5. The molecule has 1 saturated heterocycles. The Hall–Kier alpha value is -2.88. The fourth-order valence-electron chi connectivity index (χ4n) is 2.87. The summed E-state index contributed by atoms with van der Waals surface area (Å²) in [6.45, 7) is 5.19. The molecule has 0 radical (unpaired) electrons. The number of carbonyl (C=O) groups is 3. The summed E-state index contributed by atoms with van der Waals surface area (Å²) in [7, 11) is 0. The van der Waals surface area contributed by atoms with Gasteiger partial charge in [-0.15, -0.1) is 0 Å². The van der Waals surface area contributed by atoms with Crippen LogP contribution in [0.2, 0.25) is 0 Å². The van der Waals surface area contributed by atoms with Gasteiger partial charge < -0.3 is 10.6 Å². The van der Waals surface area contributed by atoms with Crippen LogP contribution in [-0.2, 0) is 9.59 Å². The van der Waals surface area contributed by atoms with Crippen molar-refractivity contribution in [2.24, 2.45) is 5.92 Å². The smallest absolute Gasteiger partial charge is 0.323 e. The fourth-order valence-corrected chi connectivity index (χ4v) is 2.87. The molecule has 126 valence electrons. The van der Waals surface area contributed by atoms with Crippen LogP contribution in [0.1, 0.15) is 32.8 Å². The van der Waals surface area contributed by atoms with Gasteiger partial charge in [-0.1, -0.05) is 26.0 Å². The molecule has 24 heavy (non-hydrogen) atoms. The molecule has 1 fully saturated rings. The third-order valence-electron chi connectivity index (χ3n) is 3.78. The van der Waals surface area contributed by atoms with Crippen LogP contribution in [0.15, 0.2) is 24.3 Å². The van der Waals surface area contributed by atoms with Crippen molar-refractivity contribution in [3.8, 4) is 6.07 Å². The molecule has 0 bridgehead atoms. The second-order valence-electron chi connectivity index (χ2n) is 6.46. The summed E-state index contributed by atoms with van der Waals surface area (Å²) in [5.41, 5.74) is -0.328. The van der Waals surface area contributed by atoms with Crippen molar-refractivity contribution in [3.05, 3.63) is 29.8 Å². The van der Waals surface area contributed by atoms with Crippen LogP contribution >= 0.6 is 0 Å². The molecule has 1 atom stereocenters. The highest BCUT2D eigenvalue weighted by Gasteiger charge is 2.48. The van der Waals surface area contributed by atoms with Gasteiger partial charge in [0.2, 0.25) is 5.91 Å². The third kappa shape index (κ3) is 3.54. The highest BCUT2D eigenvalue weighted by molar-refractivity contribution is 6.10. The molecule has 0 aromatic heterocycles. The molecule has 1 aromatic carbocycles. The third-order valence-corrected chi connectivity index (χ3v) is 3.78. The standard InChI is InChI=1S/C17H20N4O3/c1-11(2)8-17(3)15(23)21(16(24)20-17)10-14(22)19-13-7-5-4-6-12(13)9-18/h4-7,11H,8,10H2,1-3H3,(H,19,22)(H,20,24)/t17-/m0/s1. The lowest BCUT2D eigenvalue weighted by Gasteiger charge is -2.23. The Bertz CT molecular complexity index is 723. The van der Waals surface area contributed by atoms with Gasteiger partial charge in [-0.05, 0) is 31.4 Å². The number of nitrogens with zero attached hydrogens (tertiary/aromatic N) is 2. The molecule has 0 unspecified atom stereocenters. The van der Waals surface area contributed by atoms with Gasteiger partial charge in [-0.2, -0.15) is 5.26 Å². The first-order chi connectivity index (χ1) is 11.3. The topological polar surface area (TPSA) is 102 Å². The number of amides is 4. The molecular weight excluding hydrogens is 308 g/mol. The lowest BCUT2D eigenvalue weighted by Crippen LogP contribution is -2.45. The summed E-state index contributed by atoms with van der Waals surface area (Å²) in [6.07, 6.45) is 0.493. The van der Waals surface area contributed by atoms with Crippen molar-refractivity contribution >= 4 is 23.5 Å². The number of nitriles is 1. The zero-order chi connectivity index (χ0) is 17.9. The van der Waals surface area contributed by atoms with E-state index in [-0.39, 0.29) is 5.92 Å². The molecule has 0 spiro atoms. The number of carbonyl (C=O) groups excluding carboxylic acids is 3. The average Bonchev–Trinajstić information content (AvgIpc) is 2.70. The van der Waals surface area contributed by atoms with Gasteiger partial charge in [-0.3, -0.25) is 14.5 Å². The quantitative estimate of drug-likeness (QED) is 0.805. The summed E-state index contributed by atoms with van der Waals surface area (Å²) >= 11 is 0. The number of imide groups is 1. The zero-order valence-corrected chi connectivity index (χ0v) is 13.9. The number of hydrogen-bond acceptors (Lipinski definition) is 4. The van der Waals surface area contributed by atoms with Crippen molar-refractivity contribution in [3.63, 3.8) is 0 Å². The van der Waals surface area contributed by atoms with E-state index in [2.05, 4.69) is 10.6 Å². The van der Waals surface area contributed by atoms with Gasteiger partial charge in [0.25, 0.3) is 5.91 Å². The van der Waals surface area contributed by atoms with Crippen molar-refractivity contribution in [2.75, 3.05) is 11.9 Å². The highest BCUT2D eigenvalue weighted by Crippen LogP contribution is 2.25. The Kier molecular flexibility index (Phi) is 4.88. The van der Waals surface area contributed by atoms with Gasteiger partial charge in [-0.25, -0.2) is 4.79 Å². The first-order valence-electron chi connectivity index (χ1n) is 7.70. The van der Waals surface area contributed by atoms with Gasteiger partial charge in [0, 0.05) is 0 Å². The van der Waals surface area contributed by atoms with Crippen molar-refractivity contribution in [1.29, 1.82) is 5.26 Å². The van der Waals surface area contributed by atoms with E-state index in [9.17, 15) is 14.4 Å². The minimum atomic E-state index is -0.990. The maximum atomic E-state index is 12.5. The molecule has 2 rings (SSSR count). The van der Waals surface area contributed by atoms with Crippen molar-refractivity contribution in [1.82, 2.24) is 10.2 Å². The molecular formula is C17H20N4O3. The number of benzene rings is 1. The Morgan fingerprint density at radius 2 is 2.04 bits per heavy atom. The summed E-state index contributed by atoms with van der Waals surface area (Å²) in [5.74, 6) is -0.726. The predicted octanol–water partition coefficient (Wildman–Crippen LogP) is 1.85. The zero-order valence-electron chi connectivity index (χ0n) is 13.9. The van der Waals surface area contributed by atoms with Crippen LogP contribution in [0.5, 0.6) is 0 Å². The number of anilines is 1. The second-order valence-corrected chi connectivity index (χ2v) is 6.46. The minimum Gasteiger partial charge on any atom is -0.323 e. The van der Waals surface area contributed by atoms with Crippen LogP contribution < -0.4 is 10.6 Å². The lowest BCUT2D eigenvalue weighted by atomic mass is 9.91. The molecule has 7 nitrogen and oxygen atoms in total. The monoisotopic (exact) mass is 328 g/mol. The number of urea groups is 1. The Labute approximate surface area is 140 Å². The van der Waals surface area contributed by atoms with E-state index < -0.39 is 29.9 Å².